The average Bonchev–Trinajstić information content (AvgIpc) is 2.54. The van der Waals surface area contributed by atoms with E-state index in [1.807, 2.05) is 38.1 Å². The highest BCUT2D eigenvalue weighted by Gasteiger charge is 2.21. The van der Waals surface area contributed by atoms with E-state index < -0.39 is 6.29 Å². The highest BCUT2D eigenvalue weighted by Crippen LogP contribution is 2.19. The Balaban J connectivity index is 2.77. The molecular weight excluding hydrogens is 264 g/mol. The maximum absolute atomic E-state index is 12.5. The topological polar surface area (TPSA) is 35.5 Å². The molecule has 3 heteroatoms. The summed E-state index contributed by atoms with van der Waals surface area (Å²) in [6, 6.07) is 7.80. The SMILES string of the molecule is CCCOC(OCCC)C(=O)c1ccc(C(C)CC)cc1. The predicted molar refractivity (Wildman–Crippen MR) is 85.8 cm³/mol. The minimum Gasteiger partial charge on any atom is -0.346 e. The number of hydrogen-bond donors (Lipinski definition) is 0. The summed E-state index contributed by atoms with van der Waals surface area (Å²) in [5, 5.41) is 0. The summed E-state index contributed by atoms with van der Waals surface area (Å²) in [6.07, 6.45) is 2.05. The molecule has 1 atom stereocenters. The van der Waals surface area contributed by atoms with Crippen LogP contribution in [0.25, 0.3) is 0 Å². The van der Waals surface area contributed by atoms with Crippen molar-refractivity contribution in [1.29, 1.82) is 0 Å². The number of ketones is 1. The van der Waals surface area contributed by atoms with Gasteiger partial charge in [0.15, 0.2) is 0 Å². The van der Waals surface area contributed by atoms with Crippen molar-refractivity contribution in [2.75, 3.05) is 13.2 Å². The molecule has 0 spiro atoms. The van der Waals surface area contributed by atoms with Crippen molar-refractivity contribution in [3.8, 4) is 0 Å². The number of ether oxygens (including phenoxy) is 2. The van der Waals surface area contributed by atoms with Crippen molar-refractivity contribution in [3.05, 3.63) is 35.4 Å². The molecular formula is C18H28O3. The lowest BCUT2D eigenvalue weighted by molar-refractivity contribution is -0.114. The Bertz CT molecular complexity index is 403. The summed E-state index contributed by atoms with van der Waals surface area (Å²) >= 11 is 0. The average molecular weight is 292 g/mol. The minimum atomic E-state index is -0.778. The predicted octanol–water partition coefficient (Wildman–Crippen LogP) is 4.56. The molecule has 0 saturated carbocycles. The quantitative estimate of drug-likeness (QED) is 0.468. The molecule has 0 fully saturated rings. The third-order valence-electron chi connectivity index (χ3n) is 3.54. The van der Waals surface area contributed by atoms with Crippen molar-refractivity contribution < 1.29 is 14.3 Å². The number of rotatable bonds is 10. The second-order valence-corrected chi connectivity index (χ2v) is 5.37. The minimum absolute atomic E-state index is 0.0902. The molecule has 0 heterocycles. The molecule has 0 N–H and O–H groups in total. The molecule has 0 aliphatic heterocycles. The van der Waals surface area contributed by atoms with Gasteiger partial charge in [-0.3, -0.25) is 4.79 Å². The van der Waals surface area contributed by atoms with Crippen LogP contribution in [0.5, 0.6) is 0 Å². The summed E-state index contributed by atoms with van der Waals surface area (Å²) in [5.74, 6) is 0.422. The Hall–Kier alpha value is -1.19. The molecule has 3 nitrogen and oxygen atoms in total. The van der Waals surface area contributed by atoms with Crippen molar-refractivity contribution in [3.63, 3.8) is 0 Å². The van der Waals surface area contributed by atoms with Gasteiger partial charge in [0.05, 0.1) is 0 Å². The van der Waals surface area contributed by atoms with Crippen molar-refractivity contribution in [2.45, 2.75) is 59.2 Å². The summed E-state index contributed by atoms with van der Waals surface area (Å²) < 4.78 is 11.1. The number of carbonyl (C=O) groups is 1. The van der Waals surface area contributed by atoms with Gasteiger partial charge in [-0.05, 0) is 30.7 Å². The lowest BCUT2D eigenvalue weighted by atomic mass is 9.97. The largest absolute Gasteiger partial charge is 0.346 e. The van der Waals surface area contributed by atoms with Crippen molar-refractivity contribution in [2.24, 2.45) is 0 Å². The molecule has 21 heavy (non-hydrogen) atoms. The van der Waals surface area contributed by atoms with Crippen LogP contribution in [0.4, 0.5) is 0 Å². The van der Waals surface area contributed by atoms with E-state index in [0.717, 1.165) is 19.3 Å². The maximum atomic E-state index is 12.5. The molecule has 0 aromatic heterocycles. The van der Waals surface area contributed by atoms with Crippen LogP contribution in [0.1, 0.15) is 68.8 Å². The number of carbonyl (C=O) groups excluding carboxylic acids is 1. The maximum Gasteiger partial charge on any atom is 0.222 e. The second-order valence-electron chi connectivity index (χ2n) is 5.37. The van der Waals surface area contributed by atoms with Gasteiger partial charge in [0, 0.05) is 18.8 Å². The smallest absolute Gasteiger partial charge is 0.222 e. The zero-order valence-electron chi connectivity index (χ0n) is 13.7. The van der Waals surface area contributed by atoms with E-state index in [-0.39, 0.29) is 5.78 Å². The molecule has 0 amide bonds. The van der Waals surface area contributed by atoms with Gasteiger partial charge in [-0.2, -0.15) is 0 Å². The van der Waals surface area contributed by atoms with E-state index in [9.17, 15) is 4.79 Å². The summed E-state index contributed by atoms with van der Waals surface area (Å²) in [5.41, 5.74) is 1.91. The van der Waals surface area contributed by atoms with Crippen LogP contribution in [-0.4, -0.2) is 25.3 Å². The summed E-state index contributed by atoms with van der Waals surface area (Å²) in [7, 11) is 0. The first-order valence-corrected chi connectivity index (χ1v) is 8.01. The molecule has 0 aliphatic carbocycles. The van der Waals surface area contributed by atoms with Gasteiger partial charge in [-0.25, -0.2) is 0 Å². The molecule has 0 saturated heterocycles. The van der Waals surface area contributed by atoms with Gasteiger partial charge in [-0.1, -0.05) is 52.0 Å². The first-order valence-electron chi connectivity index (χ1n) is 8.01. The van der Waals surface area contributed by atoms with Gasteiger partial charge >= 0.3 is 0 Å². The Morgan fingerprint density at radius 3 is 1.95 bits per heavy atom. The third-order valence-corrected chi connectivity index (χ3v) is 3.54. The molecule has 0 aliphatic rings. The summed E-state index contributed by atoms with van der Waals surface area (Å²) in [4.78, 5) is 12.5. The van der Waals surface area contributed by atoms with Crippen LogP contribution in [0, 0.1) is 0 Å². The second kappa shape index (κ2) is 9.69. The highest BCUT2D eigenvalue weighted by atomic mass is 16.7. The summed E-state index contributed by atoms with van der Waals surface area (Å²) in [6.45, 7) is 9.45. The zero-order valence-corrected chi connectivity index (χ0v) is 13.7. The number of Topliss-reactive ketones (excluding diaryl/α,β-unsaturated/α-hetero) is 1. The first-order chi connectivity index (χ1) is 10.1. The van der Waals surface area contributed by atoms with E-state index in [4.69, 9.17) is 9.47 Å². The first kappa shape index (κ1) is 17.9. The highest BCUT2D eigenvalue weighted by molar-refractivity contribution is 5.98. The van der Waals surface area contributed by atoms with E-state index >= 15 is 0 Å². The molecule has 0 radical (unpaired) electrons. The van der Waals surface area contributed by atoms with Crippen molar-refractivity contribution >= 4 is 5.78 Å². The van der Waals surface area contributed by atoms with Crippen LogP contribution in [0.3, 0.4) is 0 Å². The van der Waals surface area contributed by atoms with E-state index in [1.54, 1.807) is 0 Å². The Labute approximate surface area is 128 Å². The van der Waals surface area contributed by atoms with Gasteiger partial charge in [0.25, 0.3) is 0 Å². The Morgan fingerprint density at radius 2 is 1.52 bits per heavy atom. The lowest BCUT2D eigenvalue weighted by Gasteiger charge is -2.17. The standard InChI is InChI=1S/C18H28O3/c1-5-12-20-18(21-13-6-2)17(19)16-10-8-15(9-11-16)14(4)7-3/h8-11,14,18H,5-7,12-13H2,1-4H3. The van der Waals surface area contributed by atoms with Crippen LogP contribution in [0.2, 0.25) is 0 Å². The lowest BCUT2D eigenvalue weighted by Crippen LogP contribution is -2.28. The fraction of sp³-hybridized carbons (Fsp3) is 0.611. The number of benzene rings is 1. The molecule has 0 bridgehead atoms. The van der Waals surface area contributed by atoms with Crippen LogP contribution in [0.15, 0.2) is 24.3 Å². The Kier molecular flexibility index (Phi) is 8.24. The fourth-order valence-electron chi connectivity index (χ4n) is 2.00. The van der Waals surface area contributed by atoms with E-state index in [2.05, 4.69) is 13.8 Å². The number of hydrogen-bond acceptors (Lipinski definition) is 3. The van der Waals surface area contributed by atoms with Crippen LogP contribution >= 0.6 is 0 Å². The third kappa shape index (κ3) is 5.60. The molecule has 1 unspecified atom stereocenters. The van der Waals surface area contributed by atoms with Crippen LogP contribution < -0.4 is 0 Å². The molecule has 1 aromatic carbocycles. The van der Waals surface area contributed by atoms with E-state index in [0.29, 0.717) is 24.7 Å². The molecule has 1 aromatic rings. The zero-order chi connectivity index (χ0) is 15.7. The van der Waals surface area contributed by atoms with Gasteiger partial charge in [0.1, 0.15) is 0 Å². The van der Waals surface area contributed by atoms with Crippen LogP contribution in [-0.2, 0) is 9.47 Å². The van der Waals surface area contributed by atoms with Gasteiger partial charge in [-0.15, -0.1) is 0 Å². The van der Waals surface area contributed by atoms with Gasteiger partial charge in [0.2, 0.25) is 12.1 Å². The fourth-order valence-corrected chi connectivity index (χ4v) is 2.00. The molecule has 118 valence electrons. The Morgan fingerprint density at radius 1 is 1.00 bits per heavy atom. The van der Waals surface area contributed by atoms with Gasteiger partial charge < -0.3 is 9.47 Å². The monoisotopic (exact) mass is 292 g/mol. The molecule has 1 rings (SSSR count). The van der Waals surface area contributed by atoms with E-state index in [1.165, 1.54) is 5.56 Å². The van der Waals surface area contributed by atoms with Crippen molar-refractivity contribution in [1.82, 2.24) is 0 Å². The normalized spacial score (nSPS) is 12.6.